The lowest BCUT2D eigenvalue weighted by molar-refractivity contribution is 0.306. The molecular weight excluding hydrogens is 482 g/mol. The Morgan fingerprint density at radius 3 is 2.43 bits per heavy atom. The normalized spacial score (nSPS) is 11.8. The molecule has 0 fully saturated rings. The van der Waals surface area contributed by atoms with E-state index in [0.29, 0.717) is 23.9 Å². The molecule has 1 atom stereocenters. The molecule has 0 saturated heterocycles. The molecular formula is C30H29N3O3S. The number of anilines is 1. The molecule has 1 unspecified atom stereocenters. The molecule has 3 aromatic carbocycles. The van der Waals surface area contributed by atoms with Crippen molar-refractivity contribution in [1.29, 1.82) is 0 Å². The molecule has 6 nitrogen and oxygen atoms in total. The van der Waals surface area contributed by atoms with Crippen molar-refractivity contribution < 1.29 is 14.2 Å². The number of hydrogen-bond donors (Lipinski definition) is 1. The van der Waals surface area contributed by atoms with Crippen molar-refractivity contribution >= 4 is 28.1 Å². The highest BCUT2D eigenvalue weighted by molar-refractivity contribution is 7.15. The van der Waals surface area contributed by atoms with Gasteiger partial charge in [0.1, 0.15) is 24.0 Å². The summed E-state index contributed by atoms with van der Waals surface area (Å²) in [6, 6.07) is 26.6. The van der Waals surface area contributed by atoms with E-state index in [1.165, 1.54) is 9.75 Å². The summed E-state index contributed by atoms with van der Waals surface area (Å²) < 4.78 is 17.0. The van der Waals surface area contributed by atoms with Crippen molar-refractivity contribution in [3.05, 3.63) is 95.1 Å². The van der Waals surface area contributed by atoms with E-state index >= 15 is 0 Å². The SMILES string of the molecule is COc1cc2nc(C)nc(NC(C)c3ccc(-c4cccc(OCc5ccccc5)c4)s3)c2cc1OC. The van der Waals surface area contributed by atoms with Gasteiger partial charge in [-0.15, -0.1) is 11.3 Å². The van der Waals surface area contributed by atoms with Crippen LogP contribution < -0.4 is 19.5 Å². The number of rotatable bonds is 9. The van der Waals surface area contributed by atoms with Gasteiger partial charge < -0.3 is 19.5 Å². The van der Waals surface area contributed by atoms with Gasteiger partial charge >= 0.3 is 0 Å². The van der Waals surface area contributed by atoms with Crippen LogP contribution in [0.15, 0.2) is 78.9 Å². The fraction of sp³-hybridized carbons (Fsp3) is 0.200. The van der Waals surface area contributed by atoms with Gasteiger partial charge in [0.2, 0.25) is 0 Å². The lowest BCUT2D eigenvalue weighted by Gasteiger charge is -2.16. The average molecular weight is 512 g/mol. The lowest BCUT2D eigenvalue weighted by atomic mass is 10.1. The van der Waals surface area contributed by atoms with E-state index in [1.807, 2.05) is 49.4 Å². The third kappa shape index (κ3) is 5.52. The summed E-state index contributed by atoms with van der Waals surface area (Å²) in [5.41, 5.74) is 3.09. The lowest BCUT2D eigenvalue weighted by Crippen LogP contribution is -2.08. The molecule has 0 aliphatic carbocycles. The van der Waals surface area contributed by atoms with Gasteiger partial charge in [-0.1, -0.05) is 42.5 Å². The summed E-state index contributed by atoms with van der Waals surface area (Å²) in [5, 5.41) is 4.47. The van der Waals surface area contributed by atoms with Crippen LogP contribution in [-0.4, -0.2) is 24.2 Å². The van der Waals surface area contributed by atoms with Crippen molar-refractivity contribution in [2.45, 2.75) is 26.5 Å². The van der Waals surface area contributed by atoms with Gasteiger partial charge in [0.05, 0.1) is 25.8 Å². The molecule has 5 rings (SSSR count). The summed E-state index contributed by atoms with van der Waals surface area (Å²) in [6.45, 7) is 4.57. The Kier molecular flexibility index (Phi) is 7.23. The smallest absolute Gasteiger partial charge is 0.162 e. The predicted octanol–water partition coefficient (Wildman–Crippen LogP) is 7.44. The minimum atomic E-state index is 0.0434. The average Bonchev–Trinajstić information content (AvgIpc) is 3.43. The van der Waals surface area contributed by atoms with Gasteiger partial charge in [-0.2, -0.15) is 0 Å². The maximum Gasteiger partial charge on any atom is 0.162 e. The quantitative estimate of drug-likeness (QED) is 0.222. The van der Waals surface area contributed by atoms with Gasteiger partial charge in [-0.05, 0) is 55.3 Å². The molecule has 0 bridgehead atoms. The third-order valence-electron chi connectivity index (χ3n) is 6.09. The van der Waals surface area contributed by atoms with Crippen LogP contribution >= 0.6 is 11.3 Å². The molecule has 188 valence electrons. The van der Waals surface area contributed by atoms with E-state index < -0.39 is 0 Å². The summed E-state index contributed by atoms with van der Waals surface area (Å²) in [7, 11) is 3.25. The maximum atomic E-state index is 6.03. The van der Waals surface area contributed by atoms with Crippen molar-refractivity contribution in [3.63, 3.8) is 0 Å². The van der Waals surface area contributed by atoms with E-state index in [1.54, 1.807) is 25.6 Å². The van der Waals surface area contributed by atoms with Crippen LogP contribution in [0.2, 0.25) is 0 Å². The molecule has 0 aliphatic heterocycles. The third-order valence-corrected chi connectivity index (χ3v) is 7.40. The topological polar surface area (TPSA) is 65.5 Å². The van der Waals surface area contributed by atoms with Crippen LogP contribution in [0.25, 0.3) is 21.3 Å². The van der Waals surface area contributed by atoms with Crippen LogP contribution in [0.5, 0.6) is 17.2 Å². The summed E-state index contributed by atoms with van der Waals surface area (Å²) >= 11 is 1.75. The maximum absolute atomic E-state index is 6.03. The molecule has 0 saturated carbocycles. The van der Waals surface area contributed by atoms with E-state index in [0.717, 1.165) is 33.6 Å². The molecule has 1 N–H and O–H groups in total. The van der Waals surface area contributed by atoms with E-state index in [2.05, 4.69) is 58.6 Å². The van der Waals surface area contributed by atoms with E-state index in [-0.39, 0.29) is 6.04 Å². The van der Waals surface area contributed by atoms with Crippen molar-refractivity contribution in [2.75, 3.05) is 19.5 Å². The number of fused-ring (bicyclic) bond motifs is 1. The van der Waals surface area contributed by atoms with Gasteiger partial charge in [-0.25, -0.2) is 9.97 Å². The predicted molar refractivity (Wildman–Crippen MR) is 150 cm³/mol. The first-order chi connectivity index (χ1) is 18.0. The molecule has 37 heavy (non-hydrogen) atoms. The zero-order chi connectivity index (χ0) is 25.8. The molecule has 5 aromatic rings. The van der Waals surface area contributed by atoms with Gasteiger partial charge in [0.25, 0.3) is 0 Å². The first-order valence-corrected chi connectivity index (χ1v) is 12.9. The van der Waals surface area contributed by atoms with Gasteiger partial charge in [0.15, 0.2) is 11.5 Å². The number of thiophene rings is 1. The highest BCUT2D eigenvalue weighted by Gasteiger charge is 2.16. The highest BCUT2D eigenvalue weighted by atomic mass is 32.1. The number of hydrogen-bond acceptors (Lipinski definition) is 7. The number of aryl methyl sites for hydroxylation is 1. The van der Waals surface area contributed by atoms with E-state index in [4.69, 9.17) is 14.2 Å². The van der Waals surface area contributed by atoms with Crippen LogP contribution in [0.1, 0.15) is 29.2 Å². The highest BCUT2D eigenvalue weighted by Crippen LogP contribution is 2.37. The number of methoxy groups -OCH3 is 2. The molecule has 0 radical (unpaired) electrons. The summed E-state index contributed by atoms with van der Waals surface area (Å²) in [5.74, 6) is 3.60. The molecule has 0 amide bonds. The van der Waals surface area contributed by atoms with Crippen LogP contribution in [0.4, 0.5) is 5.82 Å². The van der Waals surface area contributed by atoms with Gasteiger partial charge in [-0.3, -0.25) is 0 Å². The largest absolute Gasteiger partial charge is 0.493 e. The summed E-state index contributed by atoms with van der Waals surface area (Å²) in [6.07, 6.45) is 0. The van der Waals surface area contributed by atoms with Crippen molar-refractivity contribution in [3.8, 4) is 27.7 Å². The second kappa shape index (κ2) is 10.9. The van der Waals surface area contributed by atoms with E-state index in [9.17, 15) is 0 Å². The van der Waals surface area contributed by atoms with Crippen LogP contribution in [0.3, 0.4) is 0 Å². The Labute approximate surface area is 220 Å². The Bertz CT molecular complexity index is 1520. The second-order valence-electron chi connectivity index (χ2n) is 8.71. The number of aromatic nitrogens is 2. The second-order valence-corrected chi connectivity index (χ2v) is 9.83. The number of nitrogens with one attached hydrogen (secondary N) is 1. The Morgan fingerprint density at radius 1 is 0.865 bits per heavy atom. The monoisotopic (exact) mass is 511 g/mol. The fourth-order valence-electron chi connectivity index (χ4n) is 4.18. The zero-order valence-electron chi connectivity index (χ0n) is 21.3. The Hall–Kier alpha value is -4.10. The number of ether oxygens (including phenoxy) is 3. The molecule has 0 aliphatic rings. The molecule has 0 spiro atoms. The number of nitrogens with zero attached hydrogens (tertiary/aromatic N) is 2. The van der Waals surface area contributed by atoms with Crippen LogP contribution in [-0.2, 0) is 6.61 Å². The van der Waals surface area contributed by atoms with Crippen molar-refractivity contribution in [2.24, 2.45) is 0 Å². The van der Waals surface area contributed by atoms with Gasteiger partial charge in [0, 0.05) is 21.2 Å². The fourth-order valence-corrected chi connectivity index (χ4v) is 5.19. The zero-order valence-corrected chi connectivity index (χ0v) is 22.1. The minimum absolute atomic E-state index is 0.0434. The van der Waals surface area contributed by atoms with Crippen molar-refractivity contribution in [1.82, 2.24) is 9.97 Å². The summed E-state index contributed by atoms with van der Waals surface area (Å²) in [4.78, 5) is 11.7. The first-order valence-electron chi connectivity index (χ1n) is 12.1. The van der Waals surface area contributed by atoms with Crippen LogP contribution in [0, 0.1) is 6.92 Å². The molecule has 7 heteroatoms. The Morgan fingerprint density at radius 2 is 1.65 bits per heavy atom. The molecule has 2 aromatic heterocycles. The first kappa shape index (κ1) is 24.6. The molecule has 2 heterocycles. The Balaban J connectivity index is 1.35. The number of benzene rings is 3. The standard InChI is InChI=1S/C30H29N3O3S/c1-19(31-30-24-16-26(34-3)27(35-4)17-25(24)32-20(2)33-30)28-13-14-29(37-28)22-11-8-12-23(15-22)36-18-21-9-6-5-7-10-21/h5-17,19H,18H2,1-4H3,(H,31,32,33). The minimum Gasteiger partial charge on any atom is -0.493 e.